The number of carbonyl (C=O) groups is 1. The summed E-state index contributed by atoms with van der Waals surface area (Å²) in [6.07, 6.45) is 2.41. The Hall–Kier alpha value is -1.55. The van der Waals surface area contributed by atoms with Crippen molar-refractivity contribution in [1.82, 2.24) is 0 Å². The van der Waals surface area contributed by atoms with Crippen LogP contribution in [0.5, 0.6) is 5.75 Å². The Kier molecular flexibility index (Phi) is 6.10. The Morgan fingerprint density at radius 1 is 1.41 bits per heavy atom. The van der Waals surface area contributed by atoms with Crippen molar-refractivity contribution in [3.05, 3.63) is 24.3 Å². The number of para-hydroxylation sites is 2. The number of rotatable bonds is 7. The highest BCUT2D eigenvalue weighted by Crippen LogP contribution is 2.23. The van der Waals surface area contributed by atoms with Gasteiger partial charge in [0, 0.05) is 13.0 Å². The van der Waals surface area contributed by atoms with Gasteiger partial charge in [-0.1, -0.05) is 25.5 Å². The molecule has 1 amide bonds. The molecule has 1 aromatic rings. The highest BCUT2D eigenvalue weighted by Gasteiger charge is 2.06. The van der Waals surface area contributed by atoms with E-state index in [4.69, 9.17) is 10.5 Å². The van der Waals surface area contributed by atoms with Gasteiger partial charge < -0.3 is 15.8 Å². The molecule has 0 saturated carbocycles. The highest BCUT2D eigenvalue weighted by molar-refractivity contribution is 5.92. The summed E-state index contributed by atoms with van der Waals surface area (Å²) in [5, 5.41) is 2.79. The maximum atomic E-state index is 11.4. The van der Waals surface area contributed by atoms with E-state index in [1.165, 1.54) is 0 Å². The average molecular weight is 236 g/mol. The van der Waals surface area contributed by atoms with Crippen LogP contribution in [-0.4, -0.2) is 19.1 Å². The van der Waals surface area contributed by atoms with E-state index >= 15 is 0 Å². The fourth-order valence-corrected chi connectivity index (χ4v) is 1.37. The van der Waals surface area contributed by atoms with E-state index in [1.807, 2.05) is 24.3 Å². The summed E-state index contributed by atoms with van der Waals surface area (Å²) in [7, 11) is 0. The van der Waals surface area contributed by atoms with Gasteiger partial charge in [-0.15, -0.1) is 0 Å². The number of unbranched alkanes of at least 4 members (excludes halogenated alkanes) is 1. The molecule has 1 aromatic carbocycles. The second kappa shape index (κ2) is 7.68. The minimum absolute atomic E-state index is 0.0842. The van der Waals surface area contributed by atoms with Crippen LogP contribution < -0.4 is 15.8 Å². The number of hydrogen-bond donors (Lipinski definition) is 2. The van der Waals surface area contributed by atoms with Crippen molar-refractivity contribution < 1.29 is 9.53 Å². The predicted octanol–water partition coefficient (Wildman–Crippen LogP) is 2.15. The molecule has 0 atom stereocenters. The van der Waals surface area contributed by atoms with Gasteiger partial charge in [0.2, 0.25) is 5.91 Å². The number of ether oxygens (including phenoxy) is 1. The zero-order valence-corrected chi connectivity index (χ0v) is 10.2. The minimum atomic E-state index is -0.0842. The van der Waals surface area contributed by atoms with Gasteiger partial charge in [0.05, 0.1) is 12.3 Å². The van der Waals surface area contributed by atoms with E-state index in [0.29, 0.717) is 31.0 Å². The molecule has 1 rings (SSSR count). The van der Waals surface area contributed by atoms with Crippen molar-refractivity contribution in [2.45, 2.75) is 26.2 Å². The summed E-state index contributed by atoms with van der Waals surface area (Å²) in [5.41, 5.74) is 6.04. The third kappa shape index (κ3) is 4.87. The fourth-order valence-electron chi connectivity index (χ4n) is 1.37. The molecule has 0 unspecified atom stereocenters. The SMILES string of the molecule is CCCCOc1ccccc1NC(=O)CCN. The van der Waals surface area contributed by atoms with Crippen molar-refractivity contribution in [3.8, 4) is 5.75 Å². The van der Waals surface area contributed by atoms with Crippen LogP contribution in [0.25, 0.3) is 0 Å². The molecule has 0 aliphatic rings. The Morgan fingerprint density at radius 2 is 2.18 bits per heavy atom. The van der Waals surface area contributed by atoms with Gasteiger partial charge in [0.1, 0.15) is 5.75 Å². The fraction of sp³-hybridized carbons (Fsp3) is 0.462. The number of nitrogens with two attached hydrogens (primary N) is 1. The van der Waals surface area contributed by atoms with Crippen molar-refractivity contribution in [2.24, 2.45) is 5.73 Å². The maximum absolute atomic E-state index is 11.4. The number of anilines is 1. The molecule has 17 heavy (non-hydrogen) atoms. The molecule has 0 aliphatic heterocycles. The van der Waals surface area contributed by atoms with Crippen LogP contribution in [0.2, 0.25) is 0 Å². The Labute approximate surface area is 102 Å². The Bertz CT molecular complexity index is 353. The number of nitrogens with one attached hydrogen (secondary N) is 1. The minimum Gasteiger partial charge on any atom is -0.491 e. The van der Waals surface area contributed by atoms with Crippen LogP contribution in [0.15, 0.2) is 24.3 Å². The van der Waals surface area contributed by atoms with Crippen molar-refractivity contribution >= 4 is 11.6 Å². The molecule has 0 saturated heterocycles. The third-order valence-corrected chi connectivity index (χ3v) is 2.29. The van der Waals surface area contributed by atoms with Gasteiger partial charge in [-0.25, -0.2) is 0 Å². The summed E-state index contributed by atoms with van der Waals surface area (Å²) in [4.78, 5) is 11.4. The van der Waals surface area contributed by atoms with E-state index in [9.17, 15) is 4.79 Å². The largest absolute Gasteiger partial charge is 0.491 e. The van der Waals surface area contributed by atoms with E-state index in [0.717, 1.165) is 12.8 Å². The summed E-state index contributed by atoms with van der Waals surface area (Å²) in [6.45, 7) is 3.13. The lowest BCUT2D eigenvalue weighted by molar-refractivity contribution is -0.116. The monoisotopic (exact) mass is 236 g/mol. The molecule has 0 spiro atoms. The normalized spacial score (nSPS) is 10.0. The molecule has 4 nitrogen and oxygen atoms in total. The summed E-state index contributed by atoms with van der Waals surface area (Å²) >= 11 is 0. The molecule has 0 heterocycles. The summed E-state index contributed by atoms with van der Waals surface area (Å²) < 4.78 is 5.61. The molecule has 0 radical (unpaired) electrons. The van der Waals surface area contributed by atoms with Gasteiger partial charge in [-0.3, -0.25) is 4.79 Å². The molecular weight excluding hydrogens is 216 g/mol. The molecule has 4 heteroatoms. The molecular formula is C13H20N2O2. The number of benzene rings is 1. The van der Waals surface area contributed by atoms with Crippen molar-refractivity contribution in [1.29, 1.82) is 0 Å². The van der Waals surface area contributed by atoms with Crippen LogP contribution in [-0.2, 0) is 4.79 Å². The first-order valence-electron chi connectivity index (χ1n) is 5.99. The van der Waals surface area contributed by atoms with Gasteiger partial charge in [-0.05, 0) is 18.6 Å². The Morgan fingerprint density at radius 3 is 2.88 bits per heavy atom. The first kappa shape index (κ1) is 13.5. The molecule has 0 fully saturated rings. The van der Waals surface area contributed by atoms with Crippen molar-refractivity contribution in [3.63, 3.8) is 0 Å². The molecule has 0 aliphatic carbocycles. The lowest BCUT2D eigenvalue weighted by atomic mass is 10.2. The number of hydrogen-bond acceptors (Lipinski definition) is 3. The topological polar surface area (TPSA) is 64.3 Å². The first-order valence-corrected chi connectivity index (χ1v) is 5.99. The molecule has 3 N–H and O–H groups in total. The second-order valence-corrected chi connectivity index (χ2v) is 3.79. The quantitative estimate of drug-likeness (QED) is 0.713. The predicted molar refractivity (Wildman–Crippen MR) is 69.1 cm³/mol. The van der Waals surface area contributed by atoms with Gasteiger partial charge >= 0.3 is 0 Å². The van der Waals surface area contributed by atoms with Gasteiger partial charge in [0.15, 0.2) is 0 Å². The van der Waals surface area contributed by atoms with Crippen LogP contribution in [0.4, 0.5) is 5.69 Å². The van der Waals surface area contributed by atoms with Gasteiger partial charge in [0.25, 0.3) is 0 Å². The van der Waals surface area contributed by atoms with Crippen molar-refractivity contribution in [2.75, 3.05) is 18.5 Å². The van der Waals surface area contributed by atoms with Crippen LogP contribution in [0.3, 0.4) is 0 Å². The number of carbonyl (C=O) groups excluding carboxylic acids is 1. The van der Waals surface area contributed by atoms with E-state index in [1.54, 1.807) is 0 Å². The third-order valence-electron chi connectivity index (χ3n) is 2.29. The average Bonchev–Trinajstić information content (AvgIpc) is 2.32. The van der Waals surface area contributed by atoms with E-state index in [-0.39, 0.29) is 5.91 Å². The smallest absolute Gasteiger partial charge is 0.225 e. The molecule has 94 valence electrons. The second-order valence-electron chi connectivity index (χ2n) is 3.79. The lowest BCUT2D eigenvalue weighted by Crippen LogP contribution is -2.16. The van der Waals surface area contributed by atoms with E-state index in [2.05, 4.69) is 12.2 Å². The first-order chi connectivity index (χ1) is 8.27. The summed E-state index contributed by atoms with van der Waals surface area (Å²) in [6, 6.07) is 7.44. The standard InChI is InChI=1S/C13H20N2O2/c1-2-3-10-17-12-7-5-4-6-11(12)15-13(16)8-9-14/h4-7H,2-3,8-10,14H2,1H3,(H,15,16). The zero-order valence-electron chi connectivity index (χ0n) is 10.2. The van der Waals surface area contributed by atoms with E-state index < -0.39 is 0 Å². The van der Waals surface area contributed by atoms with Crippen LogP contribution in [0, 0.1) is 0 Å². The van der Waals surface area contributed by atoms with Crippen LogP contribution in [0.1, 0.15) is 26.2 Å². The maximum Gasteiger partial charge on any atom is 0.225 e. The van der Waals surface area contributed by atoms with Crippen LogP contribution >= 0.6 is 0 Å². The highest BCUT2D eigenvalue weighted by atomic mass is 16.5. The van der Waals surface area contributed by atoms with Gasteiger partial charge in [-0.2, -0.15) is 0 Å². The Balaban J connectivity index is 2.60. The molecule has 0 aromatic heterocycles. The molecule has 0 bridgehead atoms. The summed E-state index contributed by atoms with van der Waals surface area (Å²) in [5.74, 6) is 0.630. The zero-order chi connectivity index (χ0) is 12.5. The number of amides is 1. The lowest BCUT2D eigenvalue weighted by Gasteiger charge is -2.11.